The van der Waals surface area contributed by atoms with E-state index in [1.807, 2.05) is 30.3 Å². The first-order valence-electron chi connectivity index (χ1n) is 11.2. The fraction of sp³-hybridized carbons (Fsp3) is 0.375. The number of nitrogens with one attached hydrogen (secondary N) is 2. The van der Waals surface area contributed by atoms with Gasteiger partial charge in [0.15, 0.2) is 0 Å². The third-order valence-corrected chi connectivity index (χ3v) is 6.15. The topological polar surface area (TPSA) is 119 Å². The first-order chi connectivity index (χ1) is 15.9. The Morgan fingerprint density at radius 3 is 2.58 bits per heavy atom. The van der Waals surface area contributed by atoms with Crippen LogP contribution in [0.5, 0.6) is 0 Å². The van der Waals surface area contributed by atoms with E-state index in [0.717, 1.165) is 31.2 Å². The summed E-state index contributed by atoms with van der Waals surface area (Å²) in [6, 6.07) is 13.3. The van der Waals surface area contributed by atoms with E-state index >= 15 is 0 Å². The molecule has 0 radical (unpaired) electrons. The van der Waals surface area contributed by atoms with Crippen LogP contribution in [0, 0.1) is 16.0 Å². The Morgan fingerprint density at radius 2 is 1.88 bits per heavy atom. The van der Waals surface area contributed by atoms with Crippen LogP contribution in [0.3, 0.4) is 0 Å². The van der Waals surface area contributed by atoms with E-state index < -0.39 is 4.92 Å². The summed E-state index contributed by atoms with van der Waals surface area (Å²) in [6.45, 7) is 2.63. The van der Waals surface area contributed by atoms with Crippen molar-refractivity contribution in [3.05, 3.63) is 69.0 Å². The fourth-order valence-corrected chi connectivity index (χ4v) is 4.26. The summed E-state index contributed by atoms with van der Waals surface area (Å²) in [5, 5.41) is 17.2. The number of nitro benzene ring substituents is 1. The molecule has 0 saturated heterocycles. The van der Waals surface area contributed by atoms with Gasteiger partial charge in [-0.15, -0.1) is 0 Å². The minimum Gasteiger partial charge on any atom is -0.336 e. The first kappa shape index (κ1) is 22.4. The van der Waals surface area contributed by atoms with Gasteiger partial charge in [0, 0.05) is 36.8 Å². The number of benzene rings is 2. The molecule has 9 nitrogen and oxygen atoms in total. The molecule has 2 aromatic carbocycles. The van der Waals surface area contributed by atoms with Crippen molar-refractivity contribution in [2.45, 2.75) is 45.2 Å². The van der Waals surface area contributed by atoms with E-state index in [9.17, 15) is 19.7 Å². The predicted octanol–water partition coefficient (Wildman–Crippen LogP) is 3.85. The van der Waals surface area contributed by atoms with Crippen LogP contribution < -0.4 is 16.2 Å². The van der Waals surface area contributed by atoms with Gasteiger partial charge >= 0.3 is 6.03 Å². The highest BCUT2D eigenvalue weighted by Gasteiger charge is 2.20. The Bertz CT molecular complexity index is 1220. The van der Waals surface area contributed by atoms with Crippen LogP contribution in [0.15, 0.2) is 53.3 Å². The molecule has 1 fully saturated rings. The highest BCUT2D eigenvalue weighted by atomic mass is 16.6. The summed E-state index contributed by atoms with van der Waals surface area (Å²) >= 11 is 0. The summed E-state index contributed by atoms with van der Waals surface area (Å²) in [7, 11) is 0. The molecular weight excluding hydrogens is 422 g/mol. The largest absolute Gasteiger partial charge is 0.336 e. The molecule has 172 valence electrons. The lowest BCUT2D eigenvalue weighted by molar-refractivity contribution is -0.384. The van der Waals surface area contributed by atoms with Gasteiger partial charge in [0.1, 0.15) is 5.82 Å². The van der Waals surface area contributed by atoms with E-state index in [0.29, 0.717) is 17.3 Å². The Kier molecular flexibility index (Phi) is 6.67. The smallest absolute Gasteiger partial charge is 0.315 e. The van der Waals surface area contributed by atoms with Crippen molar-refractivity contribution < 1.29 is 9.72 Å². The Labute approximate surface area is 191 Å². The van der Waals surface area contributed by atoms with Crippen molar-refractivity contribution in [1.29, 1.82) is 0 Å². The van der Waals surface area contributed by atoms with Gasteiger partial charge in [0.2, 0.25) is 0 Å². The van der Waals surface area contributed by atoms with Crippen molar-refractivity contribution in [3.8, 4) is 11.4 Å². The molecule has 4 rings (SSSR count). The second kappa shape index (κ2) is 9.81. The lowest BCUT2D eigenvalue weighted by Crippen LogP contribution is -2.44. The molecule has 0 spiro atoms. The number of aromatic nitrogens is 2. The SMILES string of the molecule is CC1CCC(NC(=O)NCCn2c(-c3ccccc3)nc3ccc([N+](=O)[O-])cc3c2=O)CC1. The lowest BCUT2D eigenvalue weighted by atomic mass is 9.87. The molecule has 1 saturated carbocycles. The normalized spacial score (nSPS) is 18.1. The van der Waals surface area contributed by atoms with E-state index in [1.54, 1.807) is 0 Å². The molecule has 9 heteroatoms. The number of amides is 2. The van der Waals surface area contributed by atoms with Gasteiger partial charge in [-0.05, 0) is 37.7 Å². The molecule has 0 atom stereocenters. The number of carbonyl (C=O) groups excluding carboxylic acids is 1. The van der Waals surface area contributed by atoms with Crippen LogP contribution in [0.4, 0.5) is 10.5 Å². The molecule has 1 aromatic heterocycles. The molecule has 3 aromatic rings. The summed E-state index contributed by atoms with van der Waals surface area (Å²) in [4.78, 5) is 40.9. The number of urea groups is 1. The number of hydrogen-bond acceptors (Lipinski definition) is 5. The average Bonchev–Trinajstić information content (AvgIpc) is 2.82. The van der Waals surface area contributed by atoms with E-state index in [1.165, 1.54) is 22.8 Å². The van der Waals surface area contributed by atoms with Crippen molar-refractivity contribution in [3.63, 3.8) is 0 Å². The zero-order chi connectivity index (χ0) is 23.4. The van der Waals surface area contributed by atoms with Gasteiger partial charge in [-0.1, -0.05) is 37.3 Å². The third-order valence-electron chi connectivity index (χ3n) is 6.15. The zero-order valence-electron chi connectivity index (χ0n) is 18.5. The summed E-state index contributed by atoms with van der Waals surface area (Å²) in [6.07, 6.45) is 4.16. The van der Waals surface area contributed by atoms with Crippen molar-refractivity contribution in [2.24, 2.45) is 5.92 Å². The maximum atomic E-state index is 13.3. The van der Waals surface area contributed by atoms with Crippen molar-refractivity contribution >= 4 is 22.6 Å². The van der Waals surface area contributed by atoms with Gasteiger partial charge in [-0.25, -0.2) is 9.78 Å². The number of rotatable bonds is 6. The van der Waals surface area contributed by atoms with Crippen LogP contribution in [0.1, 0.15) is 32.6 Å². The quantitative estimate of drug-likeness (QED) is 0.438. The third kappa shape index (κ3) is 5.19. The second-order valence-electron chi connectivity index (χ2n) is 8.57. The summed E-state index contributed by atoms with van der Waals surface area (Å²) < 4.78 is 1.46. The van der Waals surface area contributed by atoms with E-state index in [-0.39, 0.29) is 41.8 Å². The van der Waals surface area contributed by atoms with Crippen LogP contribution >= 0.6 is 0 Å². The maximum Gasteiger partial charge on any atom is 0.315 e. The monoisotopic (exact) mass is 449 g/mol. The molecule has 1 heterocycles. The number of nitrogens with zero attached hydrogens (tertiary/aromatic N) is 3. The zero-order valence-corrected chi connectivity index (χ0v) is 18.5. The summed E-state index contributed by atoms with van der Waals surface area (Å²) in [5.74, 6) is 1.15. The minimum absolute atomic E-state index is 0.167. The molecule has 0 aliphatic heterocycles. The number of hydrogen-bond donors (Lipinski definition) is 2. The fourth-order valence-electron chi connectivity index (χ4n) is 4.26. The van der Waals surface area contributed by atoms with Gasteiger partial charge in [0.05, 0.1) is 15.8 Å². The molecule has 1 aliphatic carbocycles. The molecule has 0 unspecified atom stereocenters. The average molecular weight is 450 g/mol. The number of nitro groups is 1. The number of carbonyl (C=O) groups is 1. The van der Waals surface area contributed by atoms with E-state index in [4.69, 9.17) is 0 Å². The van der Waals surface area contributed by atoms with E-state index in [2.05, 4.69) is 22.5 Å². The Balaban J connectivity index is 1.57. The predicted molar refractivity (Wildman–Crippen MR) is 126 cm³/mol. The minimum atomic E-state index is -0.535. The Morgan fingerprint density at radius 1 is 1.15 bits per heavy atom. The number of non-ortho nitro benzene ring substituents is 1. The van der Waals surface area contributed by atoms with Gasteiger partial charge in [-0.2, -0.15) is 0 Å². The van der Waals surface area contributed by atoms with Gasteiger partial charge in [0.25, 0.3) is 11.2 Å². The summed E-state index contributed by atoms with van der Waals surface area (Å²) in [5.41, 5.74) is 0.583. The highest BCUT2D eigenvalue weighted by Crippen LogP contribution is 2.23. The van der Waals surface area contributed by atoms with Gasteiger partial charge in [-0.3, -0.25) is 19.5 Å². The van der Waals surface area contributed by atoms with Crippen molar-refractivity contribution in [2.75, 3.05) is 6.54 Å². The molecule has 2 amide bonds. The standard InChI is InChI=1S/C24H27N5O4/c1-16-7-9-18(10-8-16)26-24(31)25-13-14-28-22(17-5-3-2-4-6-17)27-21-12-11-19(29(32)33)15-20(21)23(28)30/h2-6,11-12,15-16,18H,7-10,13-14H2,1H3,(H2,25,26,31). The number of fused-ring (bicyclic) bond motifs is 1. The van der Waals surface area contributed by atoms with Crippen LogP contribution in [0.2, 0.25) is 0 Å². The van der Waals surface area contributed by atoms with Crippen LogP contribution in [-0.4, -0.2) is 33.1 Å². The maximum absolute atomic E-state index is 13.3. The highest BCUT2D eigenvalue weighted by molar-refractivity contribution is 5.82. The molecular formula is C24H27N5O4. The molecule has 0 bridgehead atoms. The molecule has 2 N–H and O–H groups in total. The lowest BCUT2D eigenvalue weighted by Gasteiger charge is -2.27. The Hall–Kier alpha value is -3.75. The van der Waals surface area contributed by atoms with Crippen LogP contribution in [-0.2, 0) is 6.54 Å². The van der Waals surface area contributed by atoms with Gasteiger partial charge < -0.3 is 10.6 Å². The van der Waals surface area contributed by atoms with Crippen molar-refractivity contribution in [1.82, 2.24) is 20.2 Å². The second-order valence-corrected chi connectivity index (χ2v) is 8.57. The van der Waals surface area contributed by atoms with Crippen LogP contribution in [0.25, 0.3) is 22.3 Å². The molecule has 33 heavy (non-hydrogen) atoms. The molecule has 1 aliphatic rings. The first-order valence-corrected chi connectivity index (χ1v) is 11.2.